The lowest BCUT2D eigenvalue weighted by molar-refractivity contribution is -0.138. The lowest BCUT2D eigenvalue weighted by atomic mass is 10.1. The van der Waals surface area contributed by atoms with Crippen molar-refractivity contribution in [3.63, 3.8) is 0 Å². The van der Waals surface area contributed by atoms with Crippen molar-refractivity contribution in [2.75, 3.05) is 20.1 Å². The van der Waals surface area contributed by atoms with Crippen molar-refractivity contribution in [2.24, 2.45) is 5.73 Å². The maximum absolute atomic E-state index is 12.0. The number of likely N-dealkylation sites (N-methyl/N-ethyl adjacent to an activating group) is 1. The summed E-state index contributed by atoms with van der Waals surface area (Å²) in [6.07, 6.45) is -4.48. The first-order valence-corrected chi connectivity index (χ1v) is 6.11. The maximum Gasteiger partial charge on any atom is 0.405 e. The van der Waals surface area contributed by atoms with Crippen LogP contribution in [0.5, 0.6) is 0 Å². The molecule has 0 atom stereocenters. The molecule has 0 aliphatic heterocycles. The van der Waals surface area contributed by atoms with E-state index in [9.17, 15) is 22.8 Å². The molecule has 0 spiro atoms. The van der Waals surface area contributed by atoms with Gasteiger partial charge in [-0.15, -0.1) is 0 Å². The van der Waals surface area contributed by atoms with Crippen LogP contribution in [-0.2, 0) is 11.3 Å². The van der Waals surface area contributed by atoms with Crippen molar-refractivity contribution in [2.45, 2.75) is 12.7 Å². The maximum atomic E-state index is 12.0. The number of carbonyl (C=O) groups excluding carboxylic acids is 2. The molecule has 5 nitrogen and oxygen atoms in total. The number of hydrogen-bond acceptors (Lipinski definition) is 3. The molecule has 0 aliphatic carbocycles. The van der Waals surface area contributed by atoms with Gasteiger partial charge in [-0.2, -0.15) is 13.2 Å². The zero-order chi connectivity index (χ0) is 16.0. The molecule has 8 heteroatoms. The fraction of sp³-hybridized carbons (Fsp3) is 0.385. The molecular weight excluding hydrogens is 287 g/mol. The number of rotatable bonds is 5. The van der Waals surface area contributed by atoms with Gasteiger partial charge in [0, 0.05) is 19.2 Å². The predicted molar refractivity (Wildman–Crippen MR) is 70.4 cm³/mol. The number of benzene rings is 1. The lowest BCUT2D eigenvalue weighted by Crippen LogP contribution is -2.41. The first kappa shape index (κ1) is 17.0. The summed E-state index contributed by atoms with van der Waals surface area (Å²) in [7, 11) is 1.34. The Labute approximate surface area is 119 Å². The Kier molecular flexibility index (Phi) is 5.71. The highest BCUT2D eigenvalue weighted by Gasteiger charge is 2.28. The smallest absolute Gasteiger partial charge is 0.345 e. The molecule has 0 bridgehead atoms. The Morgan fingerprint density at radius 3 is 2.29 bits per heavy atom. The second kappa shape index (κ2) is 7.07. The van der Waals surface area contributed by atoms with E-state index in [0.29, 0.717) is 12.1 Å². The first-order chi connectivity index (χ1) is 9.73. The quantitative estimate of drug-likeness (QED) is 0.848. The van der Waals surface area contributed by atoms with Crippen LogP contribution in [0.4, 0.5) is 13.2 Å². The molecule has 0 saturated heterocycles. The number of nitrogens with zero attached hydrogens (tertiary/aromatic N) is 1. The highest BCUT2D eigenvalue weighted by Crippen LogP contribution is 2.12. The summed E-state index contributed by atoms with van der Waals surface area (Å²) in [5.74, 6) is -1.33. The van der Waals surface area contributed by atoms with Gasteiger partial charge in [-0.05, 0) is 17.7 Å². The van der Waals surface area contributed by atoms with Crippen LogP contribution in [0, 0.1) is 0 Å². The normalized spacial score (nSPS) is 11.1. The standard InChI is InChI=1S/C13H16F3N3O2/c1-19(7-11(20)18-8-13(14,15)16)12(21)10-4-2-9(6-17)3-5-10/h2-5H,6-8,17H2,1H3,(H,18,20). The molecule has 0 heterocycles. The average Bonchev–Trinajstić information content (AvgIpc) is 2.43. The van der Waals surface area contributed by atoms with Gasteiger partial charge in [-0.1, -0.05) is 12.1 Å². The number of halogens is 3. The van der Waals surface area contributed by atoms with Gasteiger partial charge in [0.05, 0.1) is 6.54 Å². The Morgan fingerprint density at radius 1 is 1.24 bits per heavy atom. The summed E-state index contributed by atoms with van der Waals surface area (Å²) >= 11 is 0. The number of hydrogen-bond donors (Lipinski definition) is 2. The number of nitrogens with two attached hydrogens (primary N) is 1. The number of alkyl halides is 3. The fourth-order valence-electron chi connectivity index (χ4n) is 1.55. The molecule has 1 aromatic rings. The van der Waals surface area contributed by atoms with E-state index in [1.807, 2.05) is 0 Å². The van der Waals surface area contributed by atoms with Gasteiger partial charge in [0.25, 0.3) is 5.91 Å². The molecule has 0 unspecified atom stereocenters. The number of amides is 2. The van der Waals surface area contributed by atoms with Crippen molar-refractivity contribution in [1.29, 1.82) is 0 Å². The van der Waals surface area contributed by atoms with Crippen LogP contribution in [0.15, 0.2) is 24.3 Å². The van der Waals surface area contributed by atoms with Gasteiger partial charge < -0.3 is 16.0 Å². The fourth-order valence-corrected chi connectivity index (χ4v) is 1.55. The van der Waals surface area contributed by atoms with Crippen LogP contribution < -0.4 is 11.1 Å². The zero-order valence-corrected chi connectivity index (χ0v) is 11.4. The van der Waals surface area contributed by atoms with E-state index in [0.717, 1.165) is 10.5 Å². The third-order valence-electron chi connectivity index (χ3n) is 2.65. The topological polar surface area (TPSA) is 75.4 Å². The SMILES string of the molecule is CN(CC(=O)NCC(F)(F)F)C(=O)c1ccc(CN)cc1. The number of nitrogens with one attached hydrogen (secondary N) is 1. The highest BCUT2D eigenvalue weighted by atomic mass is 19.4. The Hall–Kier alpha value is -2.09. The highest BCUT2D eigenvalue weighted by molar-refractivity contribution is 5.96. The van der Waals surface area contributed by atoms with Crippen LogP contribution >= 0.6 is 0 Å². The third kappa shape index (κ3) is 5.82. The number of carbonyl (C=O) groups is 2. The van der Waals surface area contributed by atoms with Crippen LogP contribution in [0.2, 0.25) is 0 Å². The first-order valence-electron chi connectivity index (χ1n) is 6.11. The average molecular weight is 303 g/mol. The van der Waals surface area contributed by atoms with E-state index >= 15 is 0 Å². The third-order valence-corrected chi connectivity index (χ3v) is 2.65. The molecule has 1 rings (SSSR count). The molecule has 0 aliphatic rings. The van der Waals surface area contributed by atoms with Gasteiger partial charge >= 0.3 is 6.18 Å². The van der Waals surface area contributed by atoms with E-state index in [1.165, 1.54) is 7.05 Å². The van der Waals surface area contributed by atoms with Gasteiger partial charge in [0.15, 0.2) is 0 Å². The summed E-state index contributed by atoms with van der Waals surface area (Å²) in [4.78, 5) is 24.3. The Morgan fingerprint density at radius 2 is 1.81 bits per heavy atom. The van der Waals surface area contributed by atoms with E-state index in [-0.39, 0.29) is 0 Å². The Balaban J connectivity index is 2.55. The van der Waals surface area contributed by atoms with E-state index in [1.54, 1.807) is 29.6 Å². The molecule has 1 aromatic carbocycles. The monoisotopic (exact) mass is 303 g/mol. The van der Waals surface area contributed by atoms with Gasteiger partial charge in [-0.25, -0.2) is 0 Å². The second-order valence-corrected chi connectivity index (χ2v) is 4.45. The zero-order valence-electron chi connectivity index (χ0n) is 11.4. The van der Waals surface area contributed by atoms with E-state index < -0.39 is 31.1 Å². The molecule has 0 saturated carbocycles. The van der Waals surface area contributed by atoms with Crippen molar-refractivity contribution in [3.8, 4) is 0 Å². The van der Waals surface area contributed by atoms with Crippen molar-refractivity contribution < 1.29 is 22.8 Å². The van der Waals surface area contributed by atoms with Crippen molar-refractivity contribution in [1.82, 2.24) is 10.2 Å². The molecule has 2 amide bonds. The molecule has 3 N–H and O–H groups in total. The minimum Gasteiger partial charge on any atom is -0.345 e. The molecule has 0 fully saturated rings. The van der Waals surface area contributed by atoms with E-state index in [4.69, 9.17) is 5.73 Å². The van der Waals surface area contributed by atoms with Gasteiger partial charge in [0.2, 0.25) is 5.91 Å². The van der Waals surface area contributed by atoms with Crippen LogP contribution in [0.3, 0.4) is 0 Å². The minimum atomic E-state index is -4.48. The largest absolute Gasteiger partial charge is 0.405 e. The molecular formula is C13H16F3N3O2. The lowest BCUT2D eigenvalue weighted by Gasteiger charge is -2.17. The molecule has 21 heavy (non-hydrogen) atoms. The van der Waals surface area contributed by atoms with E-state index in [2.05, 4.69) is 0 Å². The van der Waals surface area contributed by atoms with Crippen LogP contribution in [0.1, 0.15) is 15.9 Å². The molecule has 0 aromatic heterocycles. The summed E-state index contributed by atoms with van der Waals surface area (Å²) in [5, 5.41) is 1.70. The summed E-state index contributed by atoms with van der Waals surface area (Å²) < 4.78 is 35.8. The van der Waals surface area contributed by atoms with Crippen LogP contribution in [0.25, 0.3) is 0 Å². The second-order valence-electron chi connectivity index (χ2n) is 4.45. The van der Waals surface area contributed by atoms with Crippen LogP contribution in [-0.4, -0.2) is 43.0 Å². The molecule has 116 valence electrons. The van der Waals surface area contributed by atoms with Crippen molar-refractivity contribution >= 4 is 11.8 Å². The predicted octanol–water partition coefficient (Wildman–Crippen LogP) is 0.896. The summed E-state index contributed by atoms with van der Waals surface area (Å²) in [6.45, 7) is -1.53. The molecule has 0 radical (unpaired) electrons. The minimum absolute atomic E-state index is 0.332. The summed E-state index contributed by atoms with van der Waals surface area (Å²) in [5.41, 5.74) is 6.61. The Bertz CT molecular complexity index is 500. The summed E-state index contributed by atoms with van der Waals surface area (Å²) in [6, 6.07) is 6.44. The van der Waals surface area contributed by atoms with Gasteiger partial charge in [0.1, 0.15) is 6.54 Å². The van der Waals surface area contributed by atoms with Gasteiger partial charge in [-0.3, -0.25) is 9.59 Å². The van der Waals surface area contributed by atoms with Crippen molar-refractivity contribution in [3.05, 3.63) is 35.4 Å².